The predicted octanol–water partition coefficient (Wildman–Crippen LogP) is 4.58. The molecule has 0 radical (unpaired) electrons. The molecule has 1 amide bonds. The molecule has 0 fully saturated rings. The Hall–Kier alpha value is -3.87. The van der Waals surface area contributed by atoms with Crippen LogP contribution in [-0.4, -0.2) is 20.5 Å². The van der Waals surface area contributed by atoms with E-state index < -0.39 is 56.5 Å². The number of amides is 1. The van der Waals surface area contributed by atoms with Crippen LogP contribution in [0.25, 0.3) is 0 Å². The Labute approximate surface area is 195 Å². The molecular weight excluding hydrogens is 502 g/mol. The van der Waals surface area contributed by atoms with E-state index in [0.29, 0.717) is 24.3 Å². The molecule has 35 heavy (non-hydrogen) atoms. The minimum absolute atomic E-state index is 0.0714. The summed E-state index contributed by atoms with van der Waals surface area (Å²) in [6, 6.07) is 9.51. The van der Waals surface area contributed by atoms with E-state index in [0.717, 1.165) is 18.3 Å². The highest BCUT2D eigenvalue weighted by molar-refractivity contribution is 7.87. The summed E-state index contributed by atoms with van der Waals surface area (Å²) in [5, 5.41) is 3.62. The number of rotatable bonds is 7. The number of hydrogen-bond donors (Lipinski definition) is 1. The number of halogens is 6. The molecule has 0 aliphatic rings. The van der Waals surface area contributed by atoms with Crippen molar-refractivity contribution in [1.29, 1.82) is 0 Å². The Morgan fingerprint density at radius 2 is 1.57 bits per heavy atom. The van der Waals surface area contributed by atoms with Crippen molar-refractivity contribution in [1.82, 2.24) is 5.43 Å². The lowest BCUT2D eigenvalue weighted by molar-refractivity contribution is -0.137. The molecule has 0 bridgehead atoms. The number of nitrogens with one attached hydrogen (secondary N) is 1. The van der Waals surface area contributed by atoms with E-state index in [2.05, 4.69) is 10.5 Å². The van der Waals surface area contributed by atoms with Crippen LogP contribution in [0.5, 0.6) is 5.75 Å². The molecule has 0 saturated heterocycles. The zero-order valence-electron chi connectivity index (χ0n) is 17.3. The van der Waals surface area contributed by atoms with Gasteiger partial charge in [-0.05, 0) is 54.1 Å². The van der Waals surface area contributed by atoms with Gasteiger partial charge in [-0.2, -0.15) is 26.7 Å². The van der Waals surface area contributed by atoms with Gasteiger partial charge >= 0.3 is 16.3 Å². The summed E-state index contributed by atoms with van der Waals surface area (Å²) >= 11 is 0. The molecule has 3 rings (SSSR count). The Morgan fingerprint density at radius 3 is 2.17 bits per heavy atom. The highest BCUT2D eigenvalue weighted by Crippen LogP contribution is 2.30. The average Bonchev–Trinajstić information content (AvgIpc) is 2.78. The number of carbonyl (C=O) groups is 1. The van der Waals surface area contributed by atoms with E-state index in [1.807, 2.05) is 0 Å². The fraction of sp³-hybridized carbons (Fsp3) is 0.0909. The molecule has 6 nitrogen and oxygen atoms in total. The third-order valence-corrected chi connectivity index (χ3v) is 5.64. The number of nitrogens with zero attached hydrogens (tertiary/aromatic N) is 1. The molecule has 0 saturated carbocycles. The van der Waals surface area contributed by atoms with E-state index in [9.17, 15) is 39.6 Å². The summed E-state index contributed by atoms with van der Waals surface area (Å²) < 4.78 is 108. The summed E-state index contributed by atoms with van der Waals surface area (Å²) in [5.41, 5.74) is 0.938. The van der Waals surface area contributed by atoms with Crippen molar-refractivity contribution in [3.05, 3.63) is 94.8 Å². The minimum Gasteiger partial charge on any atom is -0.378 e. The lowest BCUT2D eigenvalue weighted by Gasteiger charge is -2.11. The minimum atomic E-state index is -4.64. The molecule has 0 aliphatic heterocycles. The van der Waals surface area contributed by atoms with Crippen LogP contribution < -0.4 is 9.61 Å². The van der Waals surface area contributed by atoms with Crippen LogP contribution in [0.2, 0.25) is 0 Å². The van der Waals surface area contributed by atoms with Crippen molar-refractivity contribution in [2.75, 3.05) is 0 Å². The van der Waals surface area contributed by atoms with Crippen LogP contribution >= 0.6 is 0 Å². The molecule has 0 aliphatic carbocycles. The van der Waals surface area contributed by atoms with E-state index in [-0.39, 0.29) is 16.9 Å². The molecule has 0 heterocycles. The number of alkyl halides is 3. The number of para-hydroxylation sites is 1. The number of carbonyl (C=O) groups excluding carboxylic acids is 1. The first-order valence-electron chi connectivity index (χ1n) is 9.53. The van der Waals surface area contributed by atoms with Gasteiger partial charge < -0.3 is 4.18 Å². The Bertz CT molecular complexity index is 1350. The zero-order valence-corrected chi connectivity index (χ0v) is 18.1. The summed E-state index contributed by atoms with van der Waals surface area (Å²) in [6.07, 6.45) is -4.16. The standard InChI is InChI=1S/C22H14F6N2O4S/c23-17-9-13(10-18(24)21(17)25)11-20(31)30-29-12-14-3-1-2-4-19(14)34-35(32,33)16-7-5-15(6-8-16)22(26,27)28/h1-10,12H,11H2,(H,30,31). The maximum atomic E-state index is 13.2. The summed E-state index contributed by atoms with van der Waals surface area (Å²) in [4.78, 5) is 11.4. The molecule has 3 aromatic carbocycles. The quantitative estimate of drug-likeness (QED) is 0.164. The summed E-state index contributed by atoms with van der Waals surface area (Å²) in [5.74, 6) is -5.65. The van der Waals surface area contributed by atoms with E-state index >= 15 is 0 Å². The van der Waals surface area contributed by atoms with E-state index in [1.54, 1.807) is 0 Å². The topological polar surface area (TPSA) is 84.8 Å². The molecule has 0 unspecified atom stereocenters. The van der Waals surface area contributed by atoms with Gasteiger partial charge in [0.05, 0.1) is 18.2 Å². The molecule has 0 atom stereocenters. The van der Waals surface area contributed by atoms with Gasteiger partial charge in [0, 0.05) is 5.56 Å². The normalized spacial score (nSPS) is 12.1. The van der Waals surface area contributed by atoms with Gasteiger partial charge in [-0.25, -0.2) is 18.6 Å². The Morgan fingerprint density at radius 1 is 0.971 bits per heavy atom. The zero-order chi connectivity index (χ0) is 25.8. The maximum absolute atomic E-state index is 13.2. The smallest absolute Gasteiger partial charge is 0.378 e. The number of hydrazone groups is 1. The number of hydrogen-bond acceptors (Lipinski definition) is 5. The fourth-order valence-corrected chi connectivity index (χ4v) is 3.70. The molecule has 13 heteroatoms. The first-order valence-corrected chi connectivity index (χ1v) is 10.9. The van der Waals surface area contributed by atoms with Crippen LogP contribution in [-0.2, 0) is 27.5 Å². The van der Waals surface area contributed by atoms with Gasteiger partial charge in [0.25, 0.3) is 0 Å². The third kappa shape index (κ3) is 6.59. The second-order valence-corrected chi connectivity index (χ2v) is 8.49. The van der Waals surface area contributed by atoms with Crippen molar-refractivity contribution in [3.63, 3.8) is 0 Å². The van der Waals surface area contributed by atoms with Crippen LogP contribution in [0.15, 0.2) is 70.7 Å². The lowest BCUT2D eigenvalue weighted by atomic mass is 10.1. The van der Waals surface area contributed by atoms with Crippen LogP contribution in [0, 0.1) is 17.5 Å². The second kappa shape index (κ2) is 10.2. The van der Waals surface area contributed by atoms with E-state index in [4.69, 9.17) is 4.18 Å². The highest BCUT2D eigenvalue weighted by Gasteiger charge is 2.31. The van der Waals surface area contributed by atoms with Gasteiger partial charge in [0.2, 0.25) is 5.91 Å². The molecule has 0 spiro atoms. The third-order valence-electron chi connectivity index (χ3n) is 4.39. The second-order valence-electron chi connectivity index (χ2n) is 6.94. The SMILES string of the molecule is O=C(Cc1cc(F)c(F)c(F)c1)NN=Cc1ccccc1OS(=O)(=O)c1ccc(C(F)(F)F)cc1. The molecule has 0 aromatic heterocycles. The number of benzene rings is 3. The van der Waals surface area contributed by atoms with Gasteiger partial charge in [-0.15, -0.1) is 0 Å². The van der Waals surface area contributed by atoms with E-state index in [1.165, 1.54) is 24.3 Å². The first kappa shape index (κ1) is 25.7. The molecule has 1 N–H and O–H groups in total. The molecule has 3 aromatic rings. The largest absolute Gasteiger partial charge is 0.416 e. The summed E-state index contributed by atoms with van der Waals surface area (Å²) in [7, 11) is -4.51. The lowest BCUT2D eigenvalue weighted by Crippen LogP contribution is -2.20. The van der Waals surface area contributed by atoms with Crippen molar-refractivity contribution >= 4 is 22.2 Å². The van der Waals surface area contributed by atoms with Gasteiger partial charge in [0.15, 0.2) is 23.2 Å². The predicted molar refractivity (Wildman–Crippen MR) is 111 cm³/mol. The first-order chi connectivity index (χ1) is 16.4. The van der Waals surface area contributed by atoms with Crippen LogP contribution in [0.4, 0.5) is 26.3 Å². The molecular formula is C22H14F6N2O4S. The van der Waals surface area contributed by atoms with Gasteiger partial charge in [-0.1, -0.05) is 12.1 Å². The maximum Gasteiger partial charge on any atom is 0.416 e. The highest BCUT2D eigenvalue weighted by atomic mass is 32.2. The van der Waals surface area contributed by atoms with Crippen LogP contribution in [0.3, 0.4) is 0 Å². The van der Waals surface area contributed by atoms with Crippen molar-refractivity contribution in [3.8, 4) is 5.75 Å². The van der Waals surface area contributed by atoms with Crippen LogP contribution in [0.1, 0.15) is 16.7 Å². The van der Waals surface area contributed by atoms with Crippen molar-refractivity contribution < 1.29 is 43.7 Å². The fourth-order valence-electron chi connectivity index (χ4n) is 2.75. The van der Waals surface area contributed by atoms with Gasteiger partial charge in [0.1, 0.15) is 4.90 Å². The average molecular weight is 516 g/mol. The summed E-state index contributed by atoms with van der Waals surface area (Å²) in [6.45, 7) is 0. The monoisotopic (exact) mass is 516 g/mol. The Kier molecular flexibility index (Phi) is 7.48. The Balaban J connectivity index is 1.70. The van der Waals surface area contributed by atoms with Gasteiger partial charge in [-0.3, -0.25) is 4.79 Å². The van der Waals surface area contributed by atoms with Crippen molar-refractivity contribution in [2.24, 2.45) is 5.10 Å². The van der Waals surface area contributed by atoms with Crippen molar-refractivity contribution in [2.45, 2.75) is 17.5 Å². The molecule has 184 valence electrons.